The van der Waals surface area contributed by atoms with Gasteiger partial charge in [0.2, 0.25) is 5.91 Å². The van der Waals surface area contributed by atoms with Gasteiger partial charge < -0.3 is 14.4 Å². The average molecular weight is 330 g/mol. The molecule has 0 bridgehead atoms. The van der Waals surface area contributed by atoms with Crippen molar-refractivity contribution in [2.75, 3.05) is 13.1 Å². The largest absolute Gasteiger partial charge is 0.481 e. The average Bonchev–Trinajstić information content (AvgIpc) is 3.03. The third-order valence-electron chi connectivity index (χ3n) is 3.77. The summed E-state index contributed by atoms with van der Waals surface area (Å²) < 4.78 is 5.70. The smallest absolute Gasteiger partial charge is 0.305 e. The van der Waals surface area contributed by atoms with Crippen LogP contribution in [0, 0.1) is 6.92 Å². The Balaban J connectivity index is 1.91. The third-order valence-corrected chi connectivity index (χ3v) is 3.77. The summed E-state index contributed by atoms with van der Waals surface area (Å²) in [6, 6.07) is 7.94. The molecule has 0 aliphatic heterocycles. The molecule has 0 aliphatic carbocycles. The molecule has 1 aromatic carbocycles. The number of carbonyl (C=O) groups is 2. The second-order valence-corrected chi connectivity index (χ2v) is 5.60. The number of nitrogens with zero attached hydrogens (tertiary/aromatic N) is 2. The van der Waals surface area contributed by atoms with Gasteiger partial charge in [0.05, 0.1) is 12.6 Å². The van der Waals surface area contributed by atoms with Crippen molar-refractivity contribution in [3.8, 4) is 11.3 Å². The van der Waals surface area contributed by atoms with Crippen LogP contribution in [0.5, 0.6) is 0 Å². The summed E-state index contributed by atoms with van der Waals surface area (Å²) in [4.78, 5) is 28.5. The lowest BCUT2D eigenvalue weighted by Gasteiger charge is -2.19. The number of aliphatic carboxylic acids is 1. The molecule has 2 rings (SSSR count). The molecule has 6 heteroatoms. The molecular formula is C18H22N2O4. The van der Waals surface area contributed by atoms with E-state index in [4.69, 9.17) is 9.52 Å². The topological polar surface area (TPSA) is 83.6 Å². The molecule has 0 radical (unpaired) electrons. The van der Waals surface area contributed by atoms with Crippen LogP contribution in [-0.2, 0) is 16.0 Å². The van der Waals surface area contributed by atoms with Gasteiger partial charge in [-0.1, -0.05) is 29.8 Å². The zero-order valence-corrected chi connectivity index (χ0v) is 14.0. The molecule has 0 atom stereocenters. The van der Waals surface area contributed by atoms with Crippen molar-refractivity contribution in [3.63, 3.8) is 0 Å². The van der Waals surface area contributed by atoms with Gasteiger partial charge in [-0.05, 0) is 13.8 Å². The van der Waals surface area contributed by atoms with Crippen LogP contribution in [0.2, 0.25) is 0 Å². The monoisotopic (exact) mass is 330 g/mol. The van der Waals surface area contributed by atoms with Crippen molar-refractivity contribution in [1.29, 1.82) is 0 Å². The third kappa shape index (κ3) is 4.94. The van der Waals surface area contributed by atoms with Gasteiger partial charge >= 0.3 is 5.97 Å². The highest BCUT2D eigenvalue weighted by atomic mass is 16.4. The Labute approximate surface area is 141 Å². The molecule has 1 amide bonds. The van der Waals surface area contributed by atoms with Gasteiger partial charge in [-0.15, -0.1) is 0 Å². The SMILES string of the molecule is CCN(CCC(=O)O)C(=O)CCc1ncc(-c2ccc(C)cc2)o1. The predicted octanol–water partition coefficient (Wildman–Crippen LogP) is 2.91. The second-order valence-electron chi connectivity index (χ2n) is 5.60. The quantitative estimate of drug-likeness (QED) is 0.804. The van der Waals surface area contributed by atoms with E-state index < -0.39 is 5.97 Å². The van der Waals surface area contributed by atoms with Crippen molar-refractivity contribution in [2.45, 2.75) is 33.1 Å². The van der Waals surface area contributed by atoms with Crippen molar-refractivity contribution in [2.24, 2.45) is 0 Å². The van der Waals surface area contributed by atoms with Crippen LogP contribution >= 0.6 is 0 Å². The Hall–Kier alpha value is -2.63. The van der Waals surface area contributed by atoms with Gasteiger partial charge in [-0.3, -0.25) is 9.59 Å². The number of oxazole rings is 1. The van der Waals surface area contributed by atoms with E-state index in [1.165, 1.54) is 10.5 Å². The van der Waals surface area contributed by atoms with E-state index in [9.17, 15) is 9.59 Å². The van der Waals surface area contributed by atoms with Crippen LogP contribution in [0.15, 0.2) is 34.9 Å². The predicted molar refractivity (Wildman–Crippen MR) is 89.5 cm³/mol. The summed E-state index contributed by atoms with van der Waals surface area (Å²) in [6.45, 7) is 4.57. The number of amides is 1. The number of aryl methyl sites for hydroxylation is 2. The molecule has 0 fully saturated rings. The fraction of sp³-hybridized carbons (Fsp3) is 0.389. The molecule has 2 aromatic rings. The molecule has 1 heterocycles. The summed E-state index contributed by atoms with van der Waals surface area (Å²) in [7, 11) is 0. The van der Waals surface area contributed by atoms with E-state index in [0.717, 1.165) is 5.56 Å². The highest BCUT2D eigenvalue weighted by Crippen LogP contribution is 2.21. The lowest BCUT2D eigenvalue weighted by Crippen LogP contribution is -2.33. The maximum Gasteiger partial charge on any atom is 0.305 e. The first kappa shape index (κ1) is 17.7. The van der Waals surface area contributed by atoms with Crippen LogP contribution in [0.1, 0.15) is 31.2 Å². The molecule has 0 saturated heterocycles. The maximum atomic E-state index is 12.1. The summed E-state index contributed by atoms with van der Waals surface area (Å²) in [5.74, 6) is 0.189. The highest BCUT2D eigenvalue weighted by Gasteiger charge is 2.15. The number of carbonyl (C=O) groups excluding carboxylic acids is 1. The number of carboxylic acid groups (broad SMARTS) is 1. The van der Waals surface area contributed by atoms with Crippen LogP contribution in [0.4, 0.5) is 0 Å². The lowest BCUT2D eigenvalue weighted by molar-refractivity contribution is -0.138. The number of benzene rings is 1. The van der Waals surface area contributed by atoms with Gasteiger partial charge in [0.15, 0.2) is 11.7 Å². The highest BCUT2D eigenvalue weighted by molar-refractivity contribution is 5.77. The first-order chi connectivity index (χ1) is 11.5. The van der Waals surface area contributed by atoms with Gasteiger partial charge in [-0.25, -0.2) is 4.98 Å². The molecule has 0 saturated carbocycles. The first-order valence-corrected chi connectivity index (χ1v) is 8.01. The fourth-order valence-electron chi connectivity index (χ4n) is 2.34. The first-order valence-electron chi connectivity index (χ1n) is 8.01. The summed E-state index contributed by atoms with van der Waals surface area (Å²) in [5, 5.41) is 8.71. The van der Waals surface area contributed by atoms with Gasteiger partial charge in [0, 0.05) is 31.5 Å². The number of hydrogen-bond acceptors (Lipinski definition) is 4. The van der Waals surface area contributed by atoms with Crippen LogP contribution in [-0.4, -0.2) is 40.0 Å². The van der Waals surface area contributed by atoms with E-state index in [-0.39, 0.29) is 25.3 Å². The minimum atomic E-state index is -0.906. The Kier molecular flexibility index (Phi) is 6.12. The molecule has 0 unspecified atom stereocenters. The summed E-state index contributed by atoms with van der Waals surface area (Å²) in [6.07, 6.45) is 2.26. The number of carboxylic acids is 1. The van der Waals surface area contributed by atoms with Crippen molar-refractivity contribution in [1.82, 2.24) is 9.88 Å². The number of rotatable bonds is 8. The second kappa shape index (κ2) is 8.29. The standard InChI is InChI=1S/C18H22N2O4/c1-3-20(11-10-18(22)23)17(21)9-8-16-19-12-15(24-16)14-6-4-13(2)5-7-14/h4-7,12H,3,8-11H2,1-2H3,(H,22,23). The van der Waals surface area contributed by atoms with Gasteiger partial charge in [-0.2, -0.15) is 0 Å². The fourth-order valence-corrected chi connectivity index (χ4v) is 2.34. The molecule has 0 spiro atoms. The van der Waals surface area contributed by atoms with E-state index in [1.54, 1.807) is 6.20 Å². The minimum absolute atomic E-state index is 0.0455. The summed E-state index contributed by atoms with van der Waals surface area (Å²) in [5.41, 5.74) is 2.12. The van der Waals surface area contributed by atoms with Gasteiger partial charge in [0.25, 0.3) is 0 Å². The van der Waals surface area contributed by atoms with Crippen LogP contribution in [0.3, 0.4) is 0 Å². The van der Waals surface area contributed by atoms with E-state index in [0.29, 0.717) is 24.6 Å². The Morgan fingerprint density at radius 2 is 1.92 bits per heavy atom. The Morgan fingerprint density at radius 1 is 1.21 bits per heavy atom. The van der Waals surface area contributed by atoms with Crippen LogP contribution < -0.4 is 0 Å². The number of hydrogen-bond donors (Lipinski definition) is 1. The van der Waals surface area contributed by atoms with Crippen molar-refractivity contribution < 1.29 is 19.1 Å². The van der Waals surface area contributed by atoms with E-state index in [1.807, 2.05) is 38.1 Å². The molecule has 128 valence electrons. The van der Waals surface area contributed by atoms with Gasteiger partial charge in [0.1, 0.15) is 0 Å². The Bertz CT molecular complexity index is 691. The van der Waals surface area contributed by atoms with Crippen molar-refractivity contribution >= 4 is 11.9 Å². The summed E-state index contributed by atoms with van der Waals surface area (Å²) >= 11 is 0. The molecule has 1 aromatic heterocycles. The normalized spacial score (nSPS) is 10.6. The molecule has 24 heavy (non-hydrogen) atoms. The molecule has 1 N–H and O–H groups in total. The molecule has 6 nitrogen and oxygen atoms in total. The lowest BCUT2D eigenvalue weighted by atomic mass is 10.1. The zero-order valence-electron chi connectivity index (χ0n) is 14.0. The van der Waals surface area contributed by atoms with Crippen LogP contribution in [0.25, 0.3) is 11.3 Å². The van der Waals surface area contributed by atoms with Crippen molar-refractivity contribution in [3.05, 3.63) is 41.9 Å². The van der Waals surface area contributed by atoms with E-state index in [2.05, 4.69) is 4.98 Å². The molecular weight excluding hydrogens is 308 g/mol. The molecule has 0 aliphatic rings. The Morgan fingerprint density at radius 3 is 2.54 bits per heavy atom. The number of aromatic nitrogens is 1. The van der Waals surface area contributed by atoms with E-state index >= 15 is 0 Å². The maximum absolute atomic E-state index is 12.1. The zero-order chi connectivity index (χ0) is 17.5. The minimum Gasteiger partial charge on any atom is -0.481 e.